The first kappa shape index (κ1) is 38.3. The fourth-order valence-electron chi connectivity index (χ4n) is 4.28. The quantitative estimate of drug-likeness (QED) is 0.224. The average molecular weight is 737 g/mol. The van der Waals surface area contributed by atoms with Gasteiger partial charge >= 0.3 is 42.2 Å². The molecule has 0 aliphatic carbocycles. The van der Waals surface area contributed by atoms with Crippen molar-refractivity contribution in [3.63, 3.8) is 0 Å². The van der Waals surface area contributed by atoms with Crippen molar-refractivity contribution < 1.29 is 64.0 Å². The Morgan fingerprint density at radius 3 is 0.717 bits per heavy atom. The number of hydrogen-bond donors (Lipinski definition) is 0. The molecule has 4 rings (SSSR count). The van der Waals surface area contributed by atoms with Crippen LogP contribution >= 0.6 is 30.4 Å². The van der Waals surface area contributed by atoms with Crippen LogP contribution in [-0.2, 0) is 64.0 Å². The van der Waals surface area contributed by atoms with Crippen molar-refractivity contribution in [3.8, 4) is 0 Å². The number of amides is 2. The summed E-state index contributed by atoms with van der Waals surface area (Å²) < 4.78 is 98.9. The van der Waals surface area contributed by atoms with Gasteiger partial charge in [-0.3, -0.25) is 27.8 Å². The normalized spacial score (nSPS) is 28.4. The molecule has 0 bridgehead atoms. The summed E-state index contributed by atoms with van der Waals surface area (Å²) in [7, 11) is -16.1. The van der Waals surface area contributed by atoms with Crippen LogP contribution in [0.1, 0.15) is 55.4 Å². The van der Waals surface area contributed by atoms with Gasteiger partial charge in [0.1, 0.15) is 25.1 Å². The summed E-state index contributed by atoms with van der Waals surface area (Å²) >= 11 is 0. The standard InChI is InChI=1S/C26H48N2O14P4/c1-23(2)9-35-43(31,36-10-23)17-27(18-44(32)37-11-24(3,4)12-38-44)21(29)22(30)28(19-45(33)39-13-25(5,6)14-40-45)20-46(34)41-15-26(7,8)16-42-46/h9-20H2,1-8H3. The topological polar surface area (TPSA) is 183 Å². The van der Waals surface area contributed by atoms with E-state index in [1.165, 1.54) is 0 Å². The van der Waals surface area contributed by atoms with Gasteiger partial charge in [-0.1, -0.05) is 55.4 Å². The largest absolute Gasteiger partial charge is 0.349 e. The van der Waals surface area contributed by atoms with E-state index in [1.54, 1.807) is 0 Å². The molecule has 20 heteroatoms. The Hall–Kier alpha value is -0.460. The first-order chi connectivity index (χ1) is 20.9. The maximum atomic E-state index is 14.0. The summed E-state index contributed by atoms with van der Waals surface area (Å²) in [5.41, 5.74) is -1.87. The molecule has 0 aromatic rings. The SMILES string of the molecule is CC1(C)COP(=O)(CN(CP2(=O)OCC(C)(C)CO2)C(=O)C(=O)N(CP2(=O)OCC(C)(C)CO2)CP2(=O)OCC(C)(C)CO2)OC1. The predicted molar refractivity (Wildman–Crippen MR) is 166 cm³/mol. The molecule has 0 aromatic heterocycles. The second-order valence-electron chi connectivity index (χ2n) is 15.5. The van der Waals surface area contributed by atoms with Crippen LogP contribution in [0.5, 0.6) is 0 Å². The second kappa shape index (κ2) is 13.3. The van der Waals surface area contributed by atoms with Gasteiger partial charge in [0.05, 0.1) is 52.9 Å². The van der Waals surface area contributed by atoms with Crippen LogP contribution in [0.25, 0.3) is 0 Å². The summed E-state index contributed by atoms with van der Waals surface area (Å²) in [5.74, 6) is -2.68. The van der Waals surface area contributed by atoms with E-state index >= 15 is 0 Å². The van der Waals surface area contributed by atoms with E-state index in [2.05, 4.69) is 0 Å². The number of hydrogen-bond acceptors (Lipinski definition) is 14. The van der Waals surface area contributed by atoms with Gasteiger partial charge in [-0.2, -0.15) is 0 Å². The van der Waals surface area contributed by atoms with E-state index in [0.717, 1.165) is 9.80 Å². The molecule has 16 nitrogen and oxygen atoms in total. The Morgan fingerprint density at radius 1 is 0.413 bits per heavy atom. The Labute approximate surface area is 270 Å². The van der Waals surface area contributed by atoms with Gasteiger partial charge in [0.15, 0.2) is 0 Å². The Kier molecular flexibility index (Phi) is 11.1. The van der Waals surface area contributed by atoms with Gasteiger partial charge < -0.3 is 46.0 Å². The Morgan fingerprint density at radius 2 is 0.565 bits per heavy atom. The highest BCUT2D eigenvalue weighted by atomic mass is 31.2. The van der Waals surface area contributed by atoms with Crippen LogP contribution in [0.15, 0.2) is 0 Å². The van der Waals surface area contributed by atoms with E-state index < -0.39 is 89.0 Å². The van der Waals surface area contributed by atoms with Crippen molar-refractivity contribution in [2.24, 2.45) is 21.7 Å². The van der Waals surface area contributed by atoms with E-state index in [0.29, 0.717) is 0 Å². The lowest BCUT2D eigenvalue weighted by molar-refractivity contribution is -0.150. The third kappa shape index (κ3) is 10.3. The first-order valence-electron chi connectivity index (χ1n) is 15.0. The lowest BCUT2D eigenvalue weighted by Crippen LogP contribution is -2.48. The minimum atomic E-state index is -4.03. The van der Waals surface area contributed by atoms with Gasteiger partial charge in [-0.05, 0) is 0 Å². The van der Waals surface area contributed by atoms with Crippen LogP contribution in [0.4, 0.5) is 0 Å². The van der Waals surface area contributed by atoms with Crippen molar-refractivity contribution in [2.45, 2.75) is 55.4 Å². The molecule has 0 atom stereocenters. The predicted octanol–water partition coefficient (Wildman–Crippen LogP) is 5.54. The number of rotatable bonds is 8. The summed E-state index contributed by atoms with van der Waals surface area (Å²) in [6.45, 7) is 15.0. The smallest absolute Gasteiger partial charge is 0.310 e. The third-order valence-electron chi connectivity index (χ3n) is 7.35. The zero-order valence-electron chi connectivity index (χ0n) is 27.9. The zero-order chi connectivity index (χ0) is 34.5. The van der Waals surface area contributed by atoms with Crippen molar-refractivity contribution in [1.29, 1.82) is 0 Å². The number of nitrogens with zero attached hydrogens (tertiary/aromatic N) is 2. The molecule has 4 aliphatic heterocycles. The Balaban J connectivity index is 1.62. The summed E-state index contributed by atoms with van der Waals surface area (Å²) in [6.07, 6.45) is -3.06. The van der Waals surface area contributed by atoms with Gasteiger partial charge in [0.25, 0.3) is 0 Å². The Bertz CT molecular complexity index is 1140. The molecule has 0 saturated carbocycles. The summed E-state index contributed by atoms with van der Waals surface area (Å²) in [4.78, 5) is 29.4. The van der Waals surface area contributed by atoms with Gasteiger partial charge in [-0.15, -0.1) is 0 Å². The van der Waals surface area contributed by atoms with E-state index in [1.807, 2.05) is 55.4 Å². The van der Waals surface area contributed by atoms with Crippen molar-refractivity contribution in [3.05, 3.63) is 0 Å². The molecule has 4 saturated heterocycles. The van der Waals surface area contributed by atoms with Crippen LogP contribution < -0.4 is 0 Å². The molecule has 0 radical (unpaired) electrons. The van der Waals surface area contributed by atoms with Crippen molar-refractivity contribution in [1.82, 2.24) is 9.80 Å². The van der Waals surface area contributed by atoms with Gasteiger partial charge in [0.2, 0.25) is 0 Å². The third-order valence-corrected chi connectivity index (χ3v) is 14.3. The fraction of sp³-hybridized carbons (Fsp3) is 0.923. The van der Waals surface area contributed by atoms with Crippen molar-refractivity contribution in [2.75, 3.05) is 78.0 Å². The van der Waals surface area contributed by atoms with Crippen LogP contribution in [0.3, 0.4) is 0 Å². The molecule has 0 aromatic carbocycles. The molecule has 46 heavy (non-hydrogen) atoms. The van der Waals surface area contributed by atoms with Gasteiger partial charge in [-0.25, -0.2) is 0 Å². The molecule has 0 N–H and O–H groups in total. The second-order valence-corrected chi connectivity index (χ2v) is 23.6. The molecule has 0 unspecified atom stereocenters. The molecule has 266 valence electrons. The molecule has 0 spiro atoms. The molecular formula is C26H48N2O14P4. The van der Waals surface area contributed by atoms with Gasteiger partial charge in [0, 0.05) is 21.7 Å². The molecule has 2 amide bonds. The number of carbonyl (C=O) groups is 2. The van der Waals surface area contributed by atoms with E-state index in [9.17, 15) is 27.8 Å². The average Bonchev–Trinajstić information content (AvgIpc) is 2.95. The number of carbonyl (C=O) groups excluding carboxylic acids is 2. The van der Waals surface area contributed by atoms with E-state index in [-0.39, 0.29) is 52.9 Å². The highest BCUT2D eigenvalue weighted by Gasteiger charge is 2.48. The maximum absolute atomic E-state index is 14.0. The summed E-state index contributed by atoms with van der Waals surface area (Å²) in [5, 5.41) is 0. The molecule has 4 fully saturated rings. The van der Waals surface area contributed by atoms with E-state index in [4.69, 9.17) is 36.2 Å². The molecular weight excluding hydrogens is 688 g/mol. The lowest BCUT2D eigenvalue weighted by atomic mass is 9.97. The molecule has 4 aliphatic rings. The summed E-state index contributed by atoms with van der Waals surface area (Å²) in [6, 6.07) is 0. The van der Waals surface area contributed by atoms with Crippen LogP contribution in [0, 0.1) is 21.7 Å². The minimum Gasteiger partial charge on any atom is -0.310 e. The molecule has 4 heterocycles. The highest BCUT2D eigenvalue weighted by Crippen LogP contribution is 2.60. The lowest BCUT2D eigenvalue weighted by Gasteiger charge is -2.40. The van der Waals surface area contributed by atoms with Crippen LogP contribution in [-0.4, -0.2) is 99.6 Å². The highest BCUT2D eigenvalue weighted by molar-refractivity contribution is 7.55. The monoisotopic (exact) mass is 736 g/mol. The maximum Gasteiger partial charge on any atom is 0.349 e. The first-order valence-corrected chi connectivity index (χ1v) is 21.9. The fourth-order valence-corrected chi connectivity index (χ4v) is 12.5. The zero-order valence-corrected chi connectivity index (χ0v) is 31.5. The minimum absolute atomic E-state index is 0.0354. The van der Waals surface area contributed by atoms with Crippen LogP contribution in [0.2, 0.25) is 0 Å². The van der Waals surface area contributed by atoms with Crippen molar-refractivity contribution >= 4 is 42.2 Å².